The third-order valence-corrected chi connectivity index (χ3v) is 3.73. The van der Waals surface area contributed by atoms with Crippen molar-refractivity contribution in [3.63, 3.8) is 0 Å². The first kappa shape index (κ1) is 13.4. The molecule has 0 aliphatic heterocycles. The summed E-state index contributed by atoms with van der Waals surface area (Å²) in [6.45, 7) is 2.12. The Hall–Kier alpha value is -2.54. The second-order valence-electron chi connectivity index (χ2n) is 5.11. The average molecular weight is 274 g/mol. The van der Waals surface area contributed by atoms with E-state index in [0.717, 1.165) is 17.5 Å². The molecule has 104 valence electrons. The Labute approximate surface area is 125 Å². The summed E-state index contributed by atoms with van der Waals surface area (Å²) in [4.78, 5) is 0. The van der Waals surface area contributed by atoms with Gasteiger partial charge in [0.05, 0.1) is 0 Å². The molecule has 0 aromatic heterocycles. The number of hydrogen-bond donors (Lipinski definition) is 1. The summed E-state index contributed by atoms with van der Waals surface area (Å²) in [6.07, 6.45) is 0.887. The van der Waals surface area contributed by atoms with Gasteiger partial charge in [0.15, 0.2) is 0 Å². The van der Waals surface area contributed by atoms with Crippen molar-refractivity contribution in [2.75, 3.05) is 0 Å². The molecule has 0 spiro atoms. The minimum atomic E-state index is 0.324. The van der Waals surface area contributed by atoms with Gasteiger partial charge in [-0.2, -0.15) is 0 Å². The highest BCUT2D eigenvalue weighted by atomic mass is 16.3. The standard InChI is InChI=1S/C20H18O/c1-2-15-13-18(21)14-19(16-9-5-3-6-10-16)20(15)17-11-7-4-8-12-17/h3-14,21H,2H2,1H3. The van der Waals surface area contributed by atoms with Gasteiger partial charge in [-0.1, -0.05) is 67.6 Å². The lowest BCUT2D eigenvalue weighted by molar-refractivity contribution is 0.475. The molecule has 1 heteroatoms. The first-order valence-electron chi connectivity index (χ1n) is 7.26. The van der Waals surface area contributed by atoms with E-state index < -0.39 is 0 Å². The maximum absolute atomic E-state index is 10.1. The Morgan fingerprint density at radius 2 is 1.33 bits per heavy atom. The van der Waals surface area contributed by atoms with Gasteiger partial charge in [-0.25, -0.2) is 0 Å². The zero-order chi connectivity index (χ0) is 14.7. The molecule has 0 saturated heterocycles. The molecule has 1 nitrogen and oxygen atoms in total. The van der Waals surface area contributed by atoms with E-state index >= 15 is 0 Å². The largest absolute Gasteiger partial charge is 0.508 e. The van der Waals surface area contributed by atoms with Crippen LogP contribution in [-0.2, 0) is 6.42 Å². The van der Waals surface area contributed by atoms with Crippen molar-refractivity contribution in [2.45, 2.75) is 13.3 Å². The summed E-state index contributed by atoms with van der Waals surface area (Å²) in [6, 6.07) is 24.3. The van der Waals surface area contributed by atoms with E-state index in [0.29, 0.717) is 5.75 Å². The fourth-order valence-electron chi connectivity index (χ4n) is 2.76. The summed E-state index contributed by atoms with van der Waals surface area (Å²) in [7, 11) is 0. The lowest BCUT2D eigenvalue weighted by Crippen LogP contribution is -1.92. The third kappa shape index (κ3) is 2.68. The van der Waals surface area contributed by atoms with Gasteiger partial charge >= 0.3 is 0 Å². The maximum Gasteiger partial charge on any atom is 0.116 e. The number of hydrogen-bond acceptors (Lipinski definition) is 1. The molecule has 0 fully saturated rings. The lowest BCUT2D eigenvalue weighted by atomic mass is 9.89. The number of phenols is 1. The highest BCUT2D eigenvalue weighted by Gasteiger charge is 2.13. The van der Waals surface area contributed by atoms with E-state index in [1.165, 1.54) is 16.7 Å². The molecule has 0 bridgehead atoms. The van der Waals surface area contributed by atoms with Gasteiger partial charge in [0.25, 0.3) is 0 Å². The van der Waals surface area contributed by atoms with Crippen LogP contribution in [-0.4, -0.2) is 5.11 Å². The molecule has 0 saturated carbocycles. The van der Waals surface area contributed by atoms with E-state index in [1.54, 1.807) is 0 Å². The van der Waals surface area contributed by atoms with Crippen LogP contribution in [0, 0.1) is 0 Å². The molecule has 0 amide bonds. The van der Waals surface area contributed by atoms with Gasteiger partial charge in [-0.15, -0.1) is 0 Å². The minimum Gasteiger partial charge on any atom is -0.508 e. The first-order chi connectivity index (χ1) is 10.3. The Morgan fingerprint density at radius 3 is 1.90 bits per heavy atom. The highest BCUT2D eigenvalue weighted by molar-refractivity contribution is 5.86. The van der Waals surface area contributed by atoms with Crippen LogP contribution in [0.15, 0.2) is 72.8 Å². The predicted octanol–water partition coefficient (Wildman–Crippen LogP) is 5.29. The van der Waals surface area contributed by atoms with E-state index in [-0.39, 0.29) is 0 Å². The highest BCUT2D eigenvalue weighted by Crippen LogP contribution is 2.38. The fraction of sp³-hybridized carbons (Fsp3) is 0.100. The summed E-state index contributed by atoms with van der Waals surface area (Å²) in [5.74, 6) is 0.324. The van der Waals surface area contributed by atoms with Crippen molar-refractivity contribution in [1.29, 1.82) is 0 Å². The number of benzene rings is 3. The molecule has 0 unspecified atom stereocenters. The topological polar surface area (TPSA) is 20.2 Å². The summed E-state index contributed by atoms with van der Waals surface area (Å²) in [5.41, 5.74) is 5.77. The fourth-order valence-corrected chi connectivity index (χ4v) is 2.76. The first-order valence-corrected chi connectivity index (χ1v) is 7.26. The zero-order valence-corrected chi connectivity index (χ0v) is 12.1. The van der Waals surface area contributed by atoms with Crippen LogP contribution in [0.3, 0.4) is 0 Å². The third-order valence-electron chi connectivity index (χ3n) is 3.73. The molecule has 0 radical (unpaired) electrons. The van der Waals surface area contributed by atoms with Crippen molar-refractivity contribution in [1.82, 2.24) is 0 Å². The molecule has 3 aromatic carbocycles. The van der Waals surface area contributed by atoms with Crippen LogP contribution in [0.5, 0.6) is 5.75 Å². The summed E-state index contributed by atoms with van der Waals surface area (Å²) in [5, 5.41) is 10.1. The van der Waals surface area contributed by atoms with Gasteiger partial charge in [0.2, 0.25) is 0 Å². The van der Waals surface area contributed by atoms with Crippen LogP contribution in [0.4, 0.5) is 0 Å². The maximum atomic E-state index is 10.1. The van der Waals surface area contributed by atoms with Crippen LogP contribution in [0.25, 0.3) is 22.3 Å². The number of phenolic OH excluding ortho intramolecular Hbond substituents is 1. The van der Waals surface area contributed by atoms with Crippen LogP contribution in [0.2, 0.25) is 0 Å². The molecule has 0 aliphatic carbocycles. The average Bonchev–Trinajstić information content (AvgIpc) is 2.55. The Kier molecular flexibility index (Phi) is 3.74. The van der Waals surface area contributed by atoms with E-state index in [1.807, 2.05) is 36.4 Å². The van der Waals surface area contributed by atoms with Crippen LogP contribution in [0.1, 0.15) is 12.5 Å². The molecule has 0 aliphatic rings. The minimum absolute atomic E-state index is 0.324. The molecular weight excluding hydrogens is 256 g/mol. The smallest absolute Gasteiger partial charge is 0.116 e. The second-order valence-corrected chi connectivity index (χ2v) is 5.11. The number of aromatic hydroxyl groups is 1. The Bertz CT molecular complexity index is 731. The van der Waals surface area contributed by atoms with Gasteiger partial charge in [-0.05, 0) is 46.4 Å². The van der Waals surface area contributed by atoms with Gasteiger partial charge in [0, 0.05) is 0 Å². The van der Waals surface area contributed by atoms with Crippen molar-refractivity contribution < 1.29 is 5.11 Å². The zero-order valence-electron chi connectivity index (χ0n) is 12.1. The van der Waals surface area contributed by atoms with Gasteiger partial charge < -0.3 is 5.11 Å². The Morgan fingerprint density at radius 1 is 0.762 bits per heavy atom. The van der Waals surface area contributed by atoms with Crippen molar-refractivity contribution in [3.05, 3.63) is 78.4 Å². The molecule has 3 aromatic rings. The van der Waals surface area contributed by atoms with E-state index in [4.69, 9.17) is 0 Å². The van der Waals surface area contributed by atoms with Crippen LogP contribution < -0.4 is 0 Å². The molecular formula is C20H18O. The van der Waals surface area contributed by atoms with Crippen LogP contribution >= 0.6 is 0 Å². The lowest BCUT2D eigenvalue weighted by Gasteiger charge is -2.15. The summed E-state index contributed by atoms with van der Waals surface area (Å²) < 4.78 is 0. The quantitative estimate of drug-likeness (QED) is 0.688. The van der Waals surface area contributed by atoms with Crippen molar-refractivity contribution in [3.8, 4) is 28.0 Å². The Balaban J connectivity index is 2.31. The second kappa shape index (κ2) is 5.84. The van der Waals surface area contributed by atoms with E-state index in [9.17, 15) is 5.11 Å². The SMILES string of the molecule is CCc1cc(O)cc(-c2ccccc2)c1-c1ccccc1. The van der Waals surface area contributed by atoms with Gasteiger partial charge in [-0.3, -0.25) is 0 Å². The normalized spacial score (nSPS) is 10.5. The van der Waals surface area contributed by atoms with Gasteiger partial charge in [0.1, 0.15) is 5.75 Å². The molecule has 1 N–H and O–H groups in total. The summed E-state index contributed by atoms with van der Waals surface area (Å²) >= 11 is 0. The predicted molar refractivity (Wildman–Crippen MR) is 88.4 cm³/mol. The number of aryl methyl sites for hydroxylation is 1. The number of rotatable bonds is 3. The molecule has 3 rings (SSSR count). The van der Waals surface area contributed by atoms with Crippen molar-refractivity contribution in [2.24, 2.45) is 0 Å². The molecule has 0 heterocycles. The molecule has 21 heavy (non-hydrogen) atoms. The van der Waals surface area contributed by atoms with Crippen molar-refractivity contribution >= 4 is 0 Å². The molecule has 0 atom stereocenters. The monoisotopic (exact) mass is 274 g/mol. The van der Waals surface area contributed by atoms with E-state index in [2.05, 4.69) is 43.3 Å².